The van der Waals surface area contributed by atoms with Crippen LogP contribution in [0.2, 0.25) is 0 Å². The molecule has 1 aromatic carbocycles. The lowest BCUT2D eigenvalue weighted by atomic mass is 10.3. The van der Waals surface area contributed by atoms with Crippen LogP contribution < -0.4 is 0 Å². The van der Waals surface area contributed by atoms with Gasteiger partial charge in [0.25, 0.3) is 0 Å². The highest BCUT2D eigenvalue weighted by Gasteiger charge is 2.13. The summed E-state index contributed by atoms with van der Waals surface area (Å²) >= 11 is 10.8. The SMILES string of the molecule is Cc1nc(CCn2c(CCl)nc3cc(Br)c(F)cc32)cs1. The van der Waals surface area contributed by atoms with Crippen molar-refractivity contribution in [3.05, 3.63) is 44.3 Å². The third-order valence-corrected chi connectivity index (χ3v) is 4.92. The minimum atomic E-state index is -0.297. The van der Waals surface area contributed by atoms with Crippen molar-refractivity contribution >= 4 is 49.9 Å². The molecular weight excluding hydrogens is 377 g/mol. The van der Waals surface area contributed by atoms with Crippen molar-refractivity contribution in [1.29, 1.82) is 0 Å². The molecule has 0 saturated heterocycles. The largest absolute Gasteiger partial charge is 0.326 e. The molecule has 2 aromatic heterocycles. The second-order valence-corrected chi connectivity index (χ2v) is 6.86. The molecule has 3 aromatic rings. The van der Waals surface area contributed by atoms with Crippen molar-refractivity contribution in [2.45, 2.75) is 25.8 Å². The van der Waals surface area contributed by atoms with Gasteiger partial charge in [-0.15, -0.1) is 22.9 Å². The van der Waals surface area contributed by atoms with E-state index < -0.39 is 0 Å². The van der Waals surface area contributed by atoms with Crippen molar-refractivity contribution in [1.82, 2.24) is 14.5 Å². The fourth-order valence-electron chi connectivity index (χ4n) is 2.27. The van der Waals surface area contributed by atoms with Crippen LogP contribution in [0.3, 0.4) is 0 Å². The minimum Gasteiger partial charge on any atom is -0.326 e. The van der Waals surface area contributed by atoms with E-state index >= 15 is 0 Å². The van der Waals surface area contributed by atoms with Crippen molar-refractivity contribution in [2.24, 2.45) is 0 Å². The highest BCUT2D eigenvalue weighted by atomic mass is 79.9. The quantitative estimate of drug-likeness (QED) is 0.607. The number of hydrogen-bond donors (Lipinski definition) is 0. The van der Waals surface area contributed by atoms with Gasteiger partial charge in [-0.2, -0.15) is 0 Å². The highest BCUT2D eigenvalue weighted by Crippen LogP contribution is 2.25. The maximum atomic E-state index is 13.8. The zero-order valence-corrected chi connectivity index (χ0v) is 14.4. The molecule has 21 heavy (non-hydrogen) atoms. The van der Waals surface area contributed by atoms with Gasteiger partial charge in [0.05, 0.1) is 32.1 Å². The smallest absolute Gasteiger partial charge is 0.139 e. The Balaban J connectivity index is 1.97. The number of halogens is 3. The third-order valence-electron chi connectivity index (χ3n) is 3.25. The van der Waals surface area contributed by atoms with Crippen molar-refractivity contribution in [3.8, 4) is 0 Å². The number of hydrogen-bond acceptors (Lipinski definition) is 3. The first kappa shape index (κ1) is 14.9. The van der Waals surface area contributed by atoms with Crippen LogP contribution >= 0.6 is 38.9 Å². The standard InChI is InChI=1S/C14H12BrClFN3S/c1-8-18-9(7-21-8)2-3-20-13-5-11(17)10(15)4-12(13)19-14(20)6-16/h4-5,7H,2-3,6H2,1H3. The number of aromatic nitrogens is 3. The number of nitrogens with zero attached hydrogens (tertiary/aromatic N) is 3. The van der Waals surface area contributed by atoms with E-state index in [1.165, 1.54) is 6.07 Å². The van der Waals surface area contributed by atoms with Gasteiger partial charge in [-0.25, -0.2) is 14.4 Å². The van der Waals surface area contributed by atoms with Gasteiger partial charge in [0, 0.05) is 24.4 Å². The number of rotatable bonds is 4. The number of alkyl halides is 1. The van der Waals surface area contributed by atoms with Crippen LogP contribution in [0.5, 0.6) is 0 Å². The van der Waals surface area contributed by atoms with Crippen LogP contribution in [0.15, 0.2) is 22.0 Å². The first-order chi connectivity index (χ1) is 10.1. The van der Waals surface area contributed by atoms with Crippen molar-refractivity contribution < 1.29 is 4.39 Å². The summed E-state index contributed by atoms with van der Waals surface area (Å²) in [6.07, 6.45) is 0.775. The van der Waals surface area contributed by atoms with Crippen LogP contribution in [0, 0.1) is 12.7 Å². The first-order valence-electron chi connectivity index (χ1n) is 6.39. The van der Waals surface area contributed by atoms with E-state index in [0.29, 0.717) is 16.9 Å². The maximum Gasteiger partial charge on any atom is 0.139 e. The summed E-state index contributed by atoms with van der Waals surface area (Å²) in [6, 6.07) is 3.18. The van der Waals surface area contributed by atoms with Gasteiger partial charge in [0.2, 0.25) is 0 Å². The molecule has 0 radical (unpaired) electrons. The Bertz CT molecular complexity index is 799. The molecule has 0 N–H and O–H groups in total. The Labute approximate surface area is 138 Å². The van der Waals surface area contributed by atoms with E-state index in [2.05, 4.69) is 25.9 Å². The van der Waals surface area contributed by atoms with Crippen LogP contribution in [-0.4, -0.2) is 14.5 Å². The molecule has 3 rings (SSSR count). The molecule has 0 amide bonds. The Hall–Kier alpha value is -0.980. The van der Waals surface area contributed by atoms with Gasteiger partial charge in [-0.1, -0.05) is 0 Å². The van der Waals surface area contributed by atoms with E-state index in [-0.39, 0.29) is 5.82 Å². The number of fused-ring (bicyclic) bond motifs is 1. The zero-order chi connectivity index (χ0) is 15.0. The van der Waals surface area contributed by atoms with Gasteiger partial charge in [0.15, 0.2) is 0 Å². The molecule has 0 atom stereocenters. The molecule has 0 spiro atoms. The number of aryl methyl sites for hydroxylation is 3. The summed E-state index contributed by atoms with van der Waals surface area (Å²) in [6.45, 7) is 2.67. The summed E-state index contributed by atoms with van der Waals surface area (Å²) in [7, 11) is 0. The Morgan fingerprint density at radius 2 is 2.19 bits per heavy atom. The zero-order valence-electron chi connectivity index (χ0n) is 11.2. The number of imidazole rings is 1. The van der Waals surface area contributed by atoms with E-state index in [4.69, 9.17) is 11.6 Å². The average Bonchev–Trinajstić information content (AvgIpc) is 3.01. The molecule has 7 heteroatoms. The topological polar surface area (TPSA) is 30.7 Å². The lowest BCUT2D eigenvalue weighted by Crippen LogP contribution is -2.05. The average molecular weight is 389 g/mol. The third kappa shape index (κ3) is 2.98. The first-order valence-corrected chi connectivity index (χ1v) is 8.60. The van der Waals surface area contributed by atoms with Gasteiger partial charge in [0.1, 0.15) is 11.6 Å². The van der Waals surface area contributed by atoms with Crippen LogP contribution in [0.1, 0.15) is 16.5 Å². The summed E-state index contributed by atoms with van der Waals surface area (Å²) < 4.78 is 16.2. The predicted octanol–water partition coefficient (Wildman–Crippen LogP) is 4.68. The lowest BCUT2D eigenvalue weighted by Gasteiger charge is -2.06. The van der Waals surface area contributed by atoms with Crippen molar-refractivity contribution in [2.75, 3.05) is 0 Å². The molecule has 0 fully saturated rings. The Kier molecular flexibility index (Phi) is 4.28. The summed E-state index contributed by atoms with van der Waals surface area (Å²) in [4.78, 5) is 8.91. The molecule has 0 aliphatic rings. The Morgan fingerprint density at radius 3 is 2.86 bits per heavy atom. The van der Waals surface area contributed by atoms with Gasteiger partial charge in [-0.05, 0) is 28.9 Å². The second kappa shape index (κ2) is 6.02. The molecule has 0 saturated carbocycles. The van der Waals surface area contributed by atoms with E-state index in [1.54, 1.807) is 17.4 Å². The van der Waals surface area contributed by atoms with Crippen LogP contribution in [-0.2, 0) is 18.8 Å². The molecule has 0 bridgehead atoms. The Morgan fingerprint density at radius 1 is 1.38 bits per heavy atom. The van der Waals surface area contributed by atoms with Gasteiger partial charge >= 0.3 is 0 Å². The maximum absolute atomic E-state index is 13.8. The summed E-state index contributed by atoms with van der Waals surface area (Å²) in [5.41, 5.74) is 2.55. The van der Waals surface area contributed by atoms with Gasteiger partial charge in [-0.3, -0.25) is 0 Å². The monoisotopic (exact) mass is 387 g/mol. The normalized spacial score (nSPS) is 11.4. The fourth-order valence-corrected chi connectivity index (χ4v) is 3.45. The van der Waals surface area contributed by atoms with Crippen LogP contribution in [0.25, 0.3) is 11.0 Å². The molecule has 110 valence electrons. The summed E-state index contributed by atoms with van der Waals surface area (Å²) in [5, 5.41) is 3.10. The van der Waals surface area contributed by atoms with E-state index in [1.807, 2.05) is 16.9 Å². The van der Waals surface area contributed by atoms with E-state index in [0.717, 1.165) is 34.0 Å². The molecule has 0 unspecified atom stereocenters. The van der Waals surface area contributed by atoms with Crippen molar-refractivity contribution in [3.63, 3.8) is 0 Å². The molecular formula is C14H12BrClFN3S. The molecule has 0 aliphatic carbocycles. The van der Waals surface area contributed by atoms with Gasteiger partial charge < -0.3 is 4.57 Å². The predicted molar refractivity (Wildman–Crippen MR) is 87.5 cm³/mol. The lowest BCUT2D eigenvalue weighted by molar-refractivity contribution is 0.620. The molecule has 3 nitrogen and oxygen atoms in total. The molecule has 0 aliphatic heterocycles. The second-order valence-electron chi connectivity index (χ2n) is 4.68. The highest BCUT2D eigenvalue weighted by molar-refractivity contribution is 9.10. The molecule has 2 heterocycles. The number of thiazole rings is 1. The fraction of sp³-hybridized carbons (Fsp3) is 0.286. The van der Waals surface area contributed by atoms with Crippen LogP contribution in [0.4, 0.5) is 4.39 Å². The minimum absolute atomic E-state index is 0.296. The number of benzene rings is 1. The van der Waals surface area contributed by atoms with E-state index in [9.17, 15) is 4.39 Å². The summed E-state index contributed by atoms with van der Waals surface area (Å²) in [5.74, 6) is 0.745.